The molecule has 0 spiro atoms. The molecule has 20 heavy (non-hydrogen) atoms. The fourth-order valence-electron chi connectivity index (χ4n) is 1.38. The van der Waals surface area contributed by atoms with Crippen LogP contribution in [0, 0.1) is 6.92 Å². The van der Waals surface area contributed by atoms with E-state index in [1.165, 1.54) is 12.1 Å². The lowest BCUT2D eigenvalue weighted by Gasteiger charge is -2.03. The number of rotatable bonds is 6. The molecule has 2 rings (SSSR count). The average molecular weight is 280 g/mol. The molecule has 0 saturated carbocycles. The highest BCUT2D eigenvalue weighted by atomic mass is 16.5. The van der Waals surface area contributed by atoms with E-state index in [9.17, 15) is 9.59 Å². The molecule has 2 N–H and O–H groups in total. The Balaban J connectivity index is 1.75. The number of furan rings is 1. The number of nitrogens with zero attached hydrogens (tertiary/aromatic N) is 1. The van der Waals surface area contributed by atoms with Gasteiger partial charge in [-0.25, -0.2) is 4.79 Å². The van der Waals surface area contributed by atoms with E-state index in [-0.39, 0.29) is 30.7 Å². The predicted octanol–water partition coefficient (Wildman–Crippen LogP) is 0.969. The zero-order valence-electron chi connectivity index (χ0n) is 10.6. The number of aromatic carboxylic acids is 1. The van der Waals surface area contributed by atoms with Gasteiger partial charge in [0.1, 0.15) is 11.5 Å². The van der Waals surface area contributed by atoms with Crippen molar-refractivity contribution in [3.05, 3.63) is 35.5 Å². The Morgan fingerprint density at radius 3 is 2.85 bits per heavy atom. The molecule has 0 saturated heterocycles. The number of aryl methyl sites for hydroxylation is 1. The smallest absolute Gasteiger partial charge is 0.371 e. The highest BCUT2D eigenvalue weighted by molar-refractivity contribution is 5.84. The van der Waals surface area contributed by atoms with Gasteiger partial charge in [0.05, 0.1) is 6.54 Å². The van der Waals surface area contributed by atoms with Crippen LogP contribution in [0.15, 0.2) is 27.1 Å². The third-order valence-corrected chi connectivity index (χ3v) is 2.29. The van der Waals surface area contributed by atoms with Gasteiger partial charge >= 0.3 is 5.97 Å². The summed E-state index contributed by atoms with van der Waals surface area (Å²) in [6.07, 6.45) is 0. The van der Waals surface area contributed by atoms with Crippen LogP contribution in [0.3, 0.4) is 0 Å². The normalized spacial score (nSPS) is 10.2. The molecule has 2 aromatic heterocycles. The van der Waals surface area contributed by atoms with Gasteiger partial charge in [-0.05, 0) is 24.2 Å². The number of carbonyl (C=O) groups excluding carboxylic acids is 1. The molecule has 0 bridgehead atoms. The molecule has 1 amide bonds. The van der Waals surface area contributed by atoms with E-state index in [2.05, 4.69) is 10.5 Å². The van der Waals surface area contributed by atoms with Crippen molar-refractivity contribution in [2.45, 2.75) is 13.5 Å². The lowest BCUT2D eigenvalue weighted by atomic mass is 10.4. The van der Waals surface area contributed by atoms with Crippen LogP contribution in [0.1, 0.15) is 22.1 Å². The van der Waals surface area contributed by atoms with Crippen molar-refractivity contribution in [3.63, 3.8) is 0 Å². The van der Waals surface area contributed by atoms with Gasteiger partial charge in [0, 0.05) is 6.07 Å². The van der Waals surface area contributed by atoms with Crippen molar-refractivity contribution in [3.8, 4) is 5.88 Å². The van der Waals surface area contributed by atoms with E-state index in [1.807, 2.05) is 0 Å². The molecule has 0 atom stereocenters. The molecule has 0 unspecified atom stereocenters. The number of amides is 1. The van der Waals surface area contributed by atoms with Gasteiger partial charge in [0.2, 0.25) is 5.76 Å². The molecular formula is C12H12N2O6. The maximum absolute atomic E-state index is 11.5. The van der Waals surface area contributed by atoms with Crippen LogP contribution in [0.5, 0.6) is 5.88 Å². The first kappa shape index (κ1) is 13.7. The van der Waals surface area contributed by atoms with E-state index in [0.29, 0.717) is 11.5 Å². The largest absolute Gasteiger partial charge is 0.475 e. The van der Waals surface area contributed by atoms with Crippen LogP contribution in [0.4, 0.5) is 0 Å². The number of aromatic nitrogens is 1. The highest BCUT2D eigenvalue weighted by Crippen LogP contribution is 2.09. The summed E-state index contributed by atoms with van der Waals surface area (Å²) in [6, 6.07) is 4.35. The number of ether oxygens (including phenoxy) is 1. The van der Waals surface area contributed by atoms with Gasteiger partial charge in [-0.1, -0.05) is 0 Å². The van der Waals surface area contributed by atoms with Crippen molar-refractivity contribution in [1.82, 2.24) is 10.5 Å². The molecule has 2 heterocycles. The molecule has 106 valence electrons. The van der Waals surface area contributed by atoms with E-state index in [1.54, 1.807) is 13.0 Å². The Hall–Kier alpha value is -2.77. The summed E-state index contributed by atoms with van der Waals surface area (Å²) in [5.74, 6) is -0.580. The van der Waals surface area contributed by atoms with Crippen molar-refractivity contribution in [1.29, 1.82) is 0 Å². The standard InChI is InChI=1S/C12H12N2O6/c1-7-4-11(14-20-7)18-6-10(15)13-5-8-2-3-9(19-8)12(16)17/h2-4H,5-6H2,1H3,(H,13,15)(H,16,17). The van der Waals surface area contributed by atoms with Crippen LogP contribution in [0.2, 0.25) is 0 Å². The molecule has 0 aromatic carbocycles. The quantitative estimate of drug-likeness (QED) is 0.810. The van der Waals surface area contributed by atoms with Crippen molar-refractivity contribution in [2.24, 2.45) is 0 Å². The molecule has 8 heteroatoms. The molecule has 0 fully saturated rings. The third-order valence-electron chi connectivity index (χ3n) is 2.29. The molecule has 2 aromatic rings. The monoisotopic (exact) mass is 280 g/mol. The summed E-state index contributed by atoms with van der Waals surface area (Å²) in [4.78, 5) is 22.1. The second-order valence-electron chi connectivity index (χ2n) is 3.91. The minimum absolute atomic E-state index is 0.0767. The molecule has 0 radical (unpaired) electrons. The first-order valence-electron chi connectivity index (χ1n) is 5.69. The molecule has 8 nitrogen and oxygen atoms in total. The second-order valence-corrected chi connectivity index (χ2v) is 3.91. The van der Waals surface area contributed by atoms with E-state index < -0.39 is 5.97 Å². The van der Waals surface area contributed by atoms with Crippen molar-refractivity contribution in [2.75, 3.05) is 6.61 Å². The minimum atomic E-state index is -1.16. The first-order chi connectivity index (χ1) is 9.54. The fourth-order valence-corrected chi connectivity index (χ4v) is 1.38. The summed E-state index contributed by atoms with van der Waals surface area (Å²) in [5.41, 5.74) is 0. The van der Waals surface area contributed by atoms with Gasteiger partial charge in [0.25, 0.3) is 11.8 Å². The zero-order chi connectivity index (χ0) is 14.5. The van der Waals surface area contributed by atoms with Gasteiger partial charge in [-0.15, -0.1) is 0 Å². The Bertz CT molecular complexity index is 615. The van der Waals surface area contributed by atoms with Crippen LogP contribution in [-0.2, 0) is 11.3 Å². The Labute approximate surface area is 113 Å². The summed E-state index contributed by atoms with van der Waals surface area (Å²) in [7, 11) is 0. The lowest BCUT2D eigenvalue weighted by molar-refractivity contribution is -0.123. The third kappa shape index (κ3) is 3.61. The highest BCUT2D eigenvalue weighted by Gasteiger charge is 2.10. The van der Waals surface area contributed by atoms with Crippen LogP contribution in [0.25, 0.3) is 0 Å². The van der Waals surface area contributed by atoms with Crippen molar-refractivity contribution < 1.29 is 28.4 Å². The zero-order valence-corrected chi connectivity index (χ0v) is 10.6. The van der Waals surface area contributed by atoms with Gasteiger partial charge in [0.15, 0.2) is 6.61 Å². The van der Waals surface area contributed by atoms with Crippen molar-refractivity contribution >= 4 is 11.9 Å². The first-order valence-corrected chi connectivity index (χ1v) is 5.69. The number of hydrogen-bond donors (Lipinski definition) is 2. The lowest BCUT2D eigenvalue weighted by Crippen LogP contribution is -2.28. The maximum atomic E-state index is 11.5. The van der Waals surface area contributed by atoms with Gasteiger partial charge in [-0.2, -0.15) is 0 Å². The van der Waals surface area contributed by atoms with E-state index in [4.69, 9.17) is 18.8 Å². The number of carboxylic acid groups (broad SMARTS) is 1. The summed E-state index contributed by atoms with van der Waals surface area (Å²) in [5, 5.41) is 14.8. The average Bonchev–Trinajstić information content (AvgIpc) is 3.03. The Kier molecular flexibility index (Phi) is 4.04. The van der Waals surface area contributed by atoms with Crippen LogP contribution in [-0.4, -0.2) is 28.7 Å². The number of carbonyl (C=O) groups is 2. The van der Waals surface area contributed by atoms with E-state index >= 15 is 0 Å². The SMILES string of the molecule is Cc1cc(OCC(=O)NCc2ccc(C(=O)O)o2)no1. The fraction of sp³-hybridized carbons (Fsp3) is 0.250. The summed E-state index contributed by atoms with van der Waals surface area (Å²) < 4.78 is 14.8. The molecule has 0 aliphatic rings. The van der Waals surface area contributed by atoms with E-state index in [0.717, 1.165) is 0 Å². The number of hydrogen-bond acceptors (Lipinski definition) is 6. The topological polar surface area (TPSA) is 115 Å². The van der Waals surface area contributed by atoms with Crippen LogP contribution >= 0.6 is 0 Å². The summed E-state index contributed by atoms with van der Waals surface area (Å²) >= 11 is 0. The molecule has 0 aliphatic heterocycles. The van der Waals surface area contributed by atoms with Crippen LogP contribution < -0.4 is 10.1 Å². The Morgan fingerprint density at radius 1 is 1.45 bits per heavy atom. The molecular weight excluding hydrogens is 268 g/mol. The predicted molar refractivity (Wildman–Crippen MR) is 64.2 cm³/mol. The Morgan fingerprint density at radius 2 is 2.25 bits per heavy atom. The molecule has 0 aliphatic carbocycles. The van der Waals surface area contributed by atoms with Gasteiger partial charge in [-0.3, -0.25) is 4.79 Å². The summed E-state index contributed by atoms with van der Waals surface area (Å²) in [6.45, 7) is 1.56. The number of nitrogens with one attached hydrogen (secondary N) is 1. The number of carboxylic acids is 1. The second kappa shape index (κ2) is 5.91. The minimum Gasteiger partial charge on any atom is -0.475 e. The van der Waals surface area contributed by atoms with Gasteiger partial charge < -0.3 is 24.1 Å². The maximum Gasteiger partial charge on any atom is 0.371 e.